The Bertz CT molecular complexity index is 1380. The van der Waals surface area contributed by atoms with Crippen LogP contribution in [0.15, 0.2) is 42.5 Å². The van der Waals surface area contributed by atoms with E-state index in [0.717, 1.165) is 47.2 Å². The first kappa shape index (κ1) is 38.1. The van der Waals surface area contributed by atoms with Gasteiger partial charge in [-0.05, 0) is 61.8 Å². The van der Waals surface area contributed by atoms with Gasteiger partial charge in [-0.25, -0.2) is 0 Å². The minimum Gasteiger partial charge on any atom is -0.379 e. The van der Waals surface area contributed by atoms with Crippen molar-refractivity contribution < 1.29 is 42.9 Å². The second kappa shape index (κ2) is 20.1. The summed E-state index contributed by atoms with van der Waals surface area (Å²) >= 11 is 0. The number of ketones is 1. The number of amides is 3. The third-order valence-electron chi connectivity index (χ3n) is 8.67. The lowest BCUT2D eigenvalue weighted by Crippen LogP contribution is -2.53. The summed E-state index contributed by atoms with van der Waals surface area (Å²) in [6.45, 7) is 7.06. The fraction of sp³-hybridized carbons (Fsp3) is 0.568. The van der Waals surface area contributed by atoms with E-state index >= 15 is 0 Å². The van der Waals surface area contributed by atoms with E-state index in [1.54, 1.807) is 4.90 Å². The number of hydrogen-bond acceptors (Lipinski definition) is 9. The molecule has 2 aromatic carbocycles. The number of carbonyl (C=O) groups is 4. The molecule has 0 bridgehead atoms. The maximum atomic E-state index is 13.7. The normalized spacial score (nSPS) is 16.6. The van der Waals surface area contributed by atoms with Crippen molar-refractivity contribution in [3.05, 3.63) is 64.7 Å². The van der Waals surface area contributed by atoms with Gasteiger partial charge >= 0.3 is 0 Å². The molecule has 0 saturated heterocycles. The highest BCUT2D eigenvalue weighted by molar-refractivity contribution is 6.04. The van der Waals surface area contributed by atoms with Crippen LogP contribution >= 0.6 is 0 Å². The van der Waals surface area contributed by atoms with Crippen LogP contribution in [0.1, 0.15) is 61.8 Å². The lowest BCUT2D eigenvalue weighted by molar-refractivity contribution is -0.128. The molecule has 0 fully saturated rings. The zero-order valence-corrected chi connectivity index (χ0v) is 28.8. The Kier molecular flexibility index (Phi) is 15.6. The van der Waals surface area contributed by atoms with Crippen LogP contribution in [0.25, 0.3) is 0 Å². The second-order valence-corrected chi connectivity index (χ2v) is 12.6. The monoisotopic (exact) mass is 681 g/mol. The van der Waals surface area contributed by atoms with E-state index < -0.39 is 24.1 Å². The van der Waals surface area contributed by atoms with Gasteiger partial charge in [-0.2, -0.15) is 0 Å². The van der Waals surface area contributed by atoms with Gasteiger partial charge < -0.3 is 34.7 Å². The molecule has 0 spiro atoms. The lowest BCUT2D eigenvalue weighted by atomic mass is 10.0. The molecular formula is C37H51N3O9. The van der Waals surface area contributed by atoms with Gasteiger partial charge in [0.1, 0.15) is 12.6 Å². The van der Waals surface area contributed by atoms with Crippen LogP contribution in [0.2, 0.25) is 0 Å². The van der Waals surface area contributed by atoms with Crippen LogP contribution in [0, 0.1) is 0 Å². The third kappa shape index (κ3) is 12.3. The Morgan fingerprint density at radius 3 is 2.18 bits per heavy atom. The molecule has 0 saturated carbocycles. The highest BCUT2D eigenvalue weighted by atomic mass is 16.6. The number of anilines is 1. The number of para-hydroxylation sites is 1. The first-order valence-corrected chi connectivity index (χ1v) is 17.2. The van der Waals surface area contributed by atoms with Gasteiger partial charge in [0.15, 0.2) is 5.78 Å². The molecule has 12 heteroatoms. The highest BCUT2D eigenvalue weighted by Gasteiger charge is 2.41. The minimum absolute atomic E-state index is 0.00661. The SMILES string of the molecule is CC(=O)COCCOCCOCCOCCc1ccc(CO[C@H](C)[C@H](CCC(N)=O)NC(=O)[C@@H]2Cc3cccc4c3N2C(=O)CCC4)cc1. The Labute approximate surface area is 288 Å². The fourth-order valence-electron chi connectivity index (χ4n) is 6.05. The molecule has 0 unspecified atom stereocenters. The largest absolute Gasteiger partial charge is 0.379 e. The van der Waals surface area contributed by atoms with Crippen LogP contribution in [-0.4, -0.2) is 94.5 Å². The maximum absolute atomic E-state index is 13.7. The molecule has 0 radical (unpaired) electrons. The van der Waals surface area contributed by atoms with E-state index in [9.17, 15) is 19.2 Å². The Morgan fingerprint density at radius 2 is 1.51 bits per heavy atom. The number of primary amides is 1. The summed E-state index contributed by atoms with van der Waals surface area (Å²) in [5, 5.41) is 3.09. The molecule has 3 amide bonds. The zero-order chi connectivity index (χ0) is 35.0. The summed E-state index contributed by atoms with van der Waals surface area (Å²) in [6.07, 6.45) is 3.23. The van der Waals surface area contributed by atoms with Crippen molar-refractivity contribution in [1.82, 2.24) is 5.32 Å². The molecule has 2 aromatic rings. The maximum Gasteiger partial charge on any atom is 0.243 e. The van der Waals surface area contributed by atoms with Crippen molar-refractivity contribution in [2.45, 2.75) is 83.6 Å². The smallest absolute Gasteiger partial charge is 0.243 e. The van der Waals surface area contributed by atoms with Crippen LogP contribution in [0.4, 0.5) is 5.69 Å². The van der Waals surface area contributed by atoms with Crippen molar-refractivity contribution >= 4 is 29.2 Å². The quantitative estimate of drug-likeness (QED) is 0.169. The van der Waals surface area contributed by atoms with E-state index in [0.29, 0.717) is 72.1 Å². The van der Waals surface area contributed by atoms with E-state index in [-0.39, 0.29) is 30.6 Å². The molecule has 3 N–H and O–H groups in total. The number of aryl methyl sites for hydroxylation is 1. The number of nitrogens with zero attached hydrogens (tertiary/aromatic N) is 1. The average molecular weight is 682 g/mol. The number of benzene rings is 2. The summed E-state index contributed by atoms with van der Waals surface area (Å²) in [7, 11) is 0. The second-order valence-electron chi connectivity index (χ2n) is 12.6. The first-order chi connectivity index (χ1) is 23.7. The van der Waals surface area contributed by atoms with E-state index in [4.69, 9.17) is 29.4 Å². The predicted octanol–water partition coefficient (Wildman–Crippen LogP) is 2.83. The van der Waals surface area contributed by atoms with Crippen molar-refractivity contribution in [3.8, 4) is 0 Å². The van der Waals surface area contributed by atoms with Crippen molar-refractivity contribution in [2.24, 2.45) is 5.73 Å². The number of nitrogens with one attached hydrogen (secondary N) is 1. The van der Waals surface area contributed by atoms with Crippen molar-refractivity contribution in [1.29, 1.82) is 0 Å². The number of ether oxygens (including phenoxy) is 5. The number of rotatable bonds is 23. The van der Waals surface area contributed by atoms with Gasteiger partial charge in [-0.1, -0.05) is 42.5 Å². The predicted molar refractivity (Wildman–Crippen MR) is 183 cm³/mol. The molecule has 0 aliphatic carbocycles. The molecule has 2 aliphatic rings. The Hall–Kier alpha value is -3.68. The number of nitrogens with two attached hydrogens (primary N) is 1. The van der Waals surface area contributed by atoms with Gasteiger partial charge in [-0.15, -0.1) is 0 Å². The van der Waals surface area contributed by atoms with Gasteiger partial charge in [0.05, 0.1) is 70.7 Å². The molecule has 49 heavy (non-hydrogen) atoms. The number of hydrogen-bond donors (Lipinski definition) is 2. The van der Waals surface area contributed by atoms with Crippen LogP contribution in [-0.2, 0) is 68.7 Å². The summed E-state index contributed by atoms with van der Waals surface area (Å²) in [6, 6.07) is 13.0. The van der Waals surface area contributed by atoms with Crippen LogP contribution < -0.4 is 16.0 Å². The van der Waals surface area contributed by atoms with Crippen LogP contribution in [0.3, 0.4) is 0 Å². The first-order valence-electron chi connectivity index (χ1n) is 17.2. The molecule has 2 aliphatic heterocycles. The van der Waals surface area contributed by atoms with Crippen molar-refractivity contribution in [2.75, 3.05) is 57.8 Å². The molecule has 4 rings (SSSR count). The van der Waals surface area contributed by atoms with Crippen LogP contribution in [0.5, 0.6) is 0 Å². The topological polar surface area (TPSA) is 156 Å². The van der Waals surface area contributed by atoms with Gasteiger partial charge in [-0.3, -0.25) is 24.1 Å². The summed E-state index contributed by atoms with van der Waals surface area (Å²) in [4.78, 5) is 50.9. The lowest BCUT2D eigenvalue weighted by Gasteiger charge is -2.29. The van der Waals surface area contributed by atoms with E-state index in [1.165, 1.54) is 6.92 Å². The molecule has 268 valence electrons. The molecular weight excluding hydrogens is 630 g/mol. The molecule has 2 heterocycles. The zero-order valence-electron chi connectivity index (χ0n) is 28.8. The summed E-state index contributed by atoms with van der Waals surface area (Å²) in [5.74, 6) is -0.740. The number of carbonyl (C=O) groups excluding carboxylic acids is 4. The minimum atomic E-state index is -0.634. The highest BCUT2D eigenvalue weighted by Crippen LogP contribution is 2.39. The van der Waals surface area contributed by atoms with Gasteiger partial charge in [0.25, 0.3) is 0 Å². The van der Waals surface area contributed by atoms with Gasteiger partial charge in [0, 0.05) is 19.3 Å². The van der Waals surface area contributed by atoms with Crippen molar-refractivity contribution in [3.63, 3.8) is 0 Å². The Balaban J connectivity index is 1.16. The fourth-order valence-corrected chi connectivity index (χ4v) is 6.05. The number of Topliss-reactive ketones (excluding diaryl/α,β-unsaturated/α-hetero) is 1. The van der Waals surface area contributed by atoms with E-state index in [1.807, 2.05) is 49.4 Å². The summed E-state index contributed by atoms with van der Waals surface area (Å²) in [5.41, 5.74) is 10.6. The third-order valence-corrected chi connectivity index (χ3v) is 8.67. The molecule has 12 nitrogen and oxygen atoms in total. The van der Waals surface area contributed by atoms with Gasteiger partial charge in [0.2, 0.25) is 17.7 Å². The average Bonchev–Trinajstić information content (AvgIpc) is 3.40. The van der Waals surface area contributed by atoms with E-state index in [2.05, 4.69) is 5.32 Å². The Morgan fingerprint density at radius 1 is 0.878 bits per heavy atom. The molecule has 0 aromatic heterocycles. The molecule has 3 atom stereocenters. The standard InChI is InChI=1S/C37H51N3O9/c1-26(41)24-48-22-21-47-20-19-46-18-17-45-16-15-28-9-11-29(12-10-28)25-49-27(2)32(13-14-34(38)42)39-37(44)33-23-31-7-3-5-30-6-4-8-35(43)40(33)36(30)31/h3,5,7,9-12,27,32-33H,4,6,8,13-25H2,1-2H3,(H2,38,42)(H,39,44)/t27-,32+,33+/m1/s1. The summed E-state index contributed by atoms with van der Waals surface area (Å²) < 4.78 is 27.9.